The highest BCUT2D eigenvalue weighted by atomic mass is 14.8. The van der Waals surface area contributed by atoms with Crippen LogP contribution in [0.4, 0.5) is 0 Å². The third-order valence-electron chi connectivity index (χ3n) is 4.88. The lowest BCUT2D eigenvalue weighted by Gasteiger charge is -2.04. The number of pyridine rings is 1. The first kappa shape index (κ1) is 26.6. The summed E-state index contributed by atoms with van der Waals surface area (Å²) in [5.41, 5.74) is 8.67. The maximum absolute atomic E-state index is 3.88. The van der Waals surface area contributed by atoms with Crippen molar-refractivity contribution in [2.45, 2.75) is 41.0 Å². The van der Waals surface area contributed by atoms with Crippen LogP contribution in [0, 0.1) is 20.8 Å². The van der Waals surface area contributed by atoms with Gasteiger partial charge in [0.25, 0.3) is 0 Å². The Bertz CT molecular complexity index is 981. The average molecular weight is 427 g/mol. The summed E-state index contributed by atoms with van der Waals surface area (Å²) in [6, 6.07) is 20.7. The lowest BCUT2D eigenvalue weighted by atomic mass is 10.0. The number of allylic oxidation sites excluding steroid dienone is 4. The van der Waals surface area contributed by atoms with Gasteiger partial charge in [0.05, 0.1) is 0 Å². The smallest absolute Gasteiger partial charge is 0.0338 e. The van der Waals surface area contributed by atoms with Crippen LogP contribution in [0.3, 0.4) is 0 Å². The monoisotopic (exact) mass is 426 g/mol. The van der Waals surface area contributed by atoms with Crippen LogP contribution < -0.4 is 5.32 Å². The minimum absolute atomic E-state index is 0.963. The SMILES string of the molecule is C/C=C\C/C=C(/C)c1ccccc1C.C=C(NC)c1ccc(C)cc1.Cc1cccnc1. The summed E-state index contributed by atoms with van der Waals surface area (Å²) in [6.07, 6.45) is 11.1. The maximum atomic E-state index is 3.88. The molecule has 2 nitrogen and oxygen atoms in total. The second-order valence-corrected chi connectivity index (χ2v) is 7.63. The van der Waals surface area contributed by atoms with Crippen LogP contribution in [0.5, 0.6) is 0 Å². The fourth-order valence-corrected chi connectivity index (χ4v) is 2.85. The van der Waals surface area contributed by atoms with Crippen LogP contribution in [0.2, 0.25) is 0 Å². The largest absolute Gasteiger partial charge is 0.388 e. The Kier molecular flexibility index (Phi) is 12.8. The van der Waals surface area contributed by atoms with E-state index in [4.69, 9.17) is 0 Å². The van der Waals surface area contributed by atoms with E-state index in [2.05, 4.69) is 111 Å². The Morgan fingerprint density at radius 3 is 2.12 bits per heavy atom. The van der Waals surface area contributed by atoms with E-state index in [-0.39, 0.29) is 0 Å². The molecule has 0 atom stereocenters. The Morgan fingerprint density at radius 1 is 0.938 bits per heavy atom. The molecule has 2 aromatic carbocycles. The molecule has 1 aromatic heterocycles. The van der Waals surface area contributed by atoms with E-state index in [0.717, 1.165) is 17.7 Å². The van der Waals surface area contributed by atoms with Crippen LogP contribution in [0.1, 0.15) is 48.1 Å². The molecule has 1 heterocycles. The first-order valence-corrected chi connectivity index (χ1v) is 11.0. The van der Waals surface area contributed by atoms with E-state index >= 15 is 0 Å². The van der Waals surface area contributed by atoms with E-state index in [9.17, 15) is 0 Å². The van der Waals surface area contributed by atoms with Crippen molar-refractivity contribution < 1.29 is 0 Å². The van der Waals surface area contributed by atoms with Crippen molar-refractivity contribution in [3.8, 4) is 0 Å². The number of nitrogens with zero attached hydrogens (tertiary/aromatic N) is 1. The lowest BCUT2D eigenvalue weighted by Crippen LogP contribution is -2.02. The summed E-state index contributed by atoms with van der Waals surface area (Å²) >= 11 is 0. The van der Waals surface area contributed by atoms with E-state index in [0.29, 0.717) is 0 Å². The summed E-state index contributed by atoms with van der Waals surface area (Å²) in [5.74, 6) is 0. The van der Waals surface area contributed by atoms with Gasteiger partial charge in [0, 0.05) is 25.1 Å². The molecule has 32 heavy (non-hydrogen) atoms. The molecule has 0 unspecified atom stereocenters. The minimum Gasteiger partial charge on any atom is -0.388 e. The first-order chi connectivity index (χ1) is 15.4. The van der Waals surface area contributed by atoms with Gasteiger partial charge in [-0.15, -0.1) is 0 Å². The van der Waals surface area contributed by atoms with Gasteiger partial charge in [-0.1, -0.05) is 85.0 Å². The molecule has 0 aliphatic rings. The van der Waals surface area contributed by atoms with Gasteiger partial charge in [-0.05, 0) is 74.9 Å². The molecule has 0 radical (unpaired) electrons. The average Bonchev–Trinajstić information content (AvgIpc) is 2.81. The normalized spacial score (nSPS) is 10.5. The number of hydrogen-bond acceptors (Lipinski definition) is 2. The van der Waals surface area contributed by atoms with Crippen molar-refractivity contribution in [3.63, 3.8) is 0 Å². The molecular weight excluding hydrogens is 388 g/mol. The van der Waals surface area contributed by atoms with E-state index < -0.39 is 0 Å². The first-order valence-electron chi connectivity index (χ1n) is 11.0. The molecule has 0 saturated carbocycles. The second kappa shape index (κ2) is 15.4. The molecule has 3 aromatic rings. The zero-order chi connectivity index (χ0) is 23.8. The summed E-state index contributed by atoms with van der Waals surface area (Å²) < 4.78 is 0. The third-order valence-corrected chi connectivity index (χ3v) is 4.88. The Morgan fingerprint density at radius 2 is 1.62 bits per heavy atom. The minimum atomic E-state index is 0.963. The number of benzene rings is 2. The van der Waals surface area contributed by atoms with Crippen LogP contribution in [-0.4, -0.2) is 12.0 Å². The van der Waals surface area contributed by atoms with Crippen molar-refractivity contribution in [1.29, 1.82) is 0 Å². The van der Waals surface area contributed by atoms with E-state index in [1.165, 1.54) is 27.8 Å². The highest BCUT2D eigenvalue weighted by Gasteiger charge is 1.97. The van der Waals surface area contributed by atoms with E-state index in [1.807, 2.05) is 32.3 Å². The summed E-state index contributed by atoms with van der Waals surface area (Å²) in [6.45, 7) is 14.3. The van der Waals surface area contributed by atoms with Crippen LogP contribution in [0.25, 0.3) is 11.3 Å². The molecule has 2 heteroatoms. The van der Waals surface area contributed by atoms with Gasteiger partial charge in [-0.2, -0.15) is 0 Å². The standard InChI is InChI=1S/C14H18.C10H13N.C6H7N/c1-4-5-6-9-12(2)14-11-8-7-10-13(14)3;1-8-4-6-10(7-5-8)9(2)11-3;1-6-3-2-4-7-5-6/h4-5,7-11H,6H2,1-3H3;4-7,11H,2H2,1,3H3;2-5H,1H3/b5-4-,12-9-;;. The summed E-state index contributed by atoms with van der Waals surface area (Å²) in [5, 5.41) is 3.01. The highest BCUT2D eigenvalue weighted by Crippen LogP contribution is 2.18. The number of hydrogen-bond donors (Lipinski definition) is 1. The van der Waals surface area contributed by atoms with Gasteiger partial charge in [0.2, 0.25) is 0 Å². The Balaban J connectivity index is 0.000000253. The van der Waals surface area contributed by atoms with Crippen molar-refractivity contribution in [3.05, 3.63) is 126 Å². The third kappa shape index (κ3) is 10.6. The molecule has 0 spiro atoms. The van der Waals surface area contributed by atoms with Crippen LogP contribution in [0.15, 0.2) is 97.9 Å². The lowest BCUT2D eigenvalue weighted by molar-refractivity contribution is 1.13. The molecule has 0 amide bonds. The molecule has 168 valence electrons. The van der Waals surface area contributed by atoms with Gasteiger partial charge in [-0.25, -0.2) is 0 Å². The van der Waals surface area contributed by atoms with Gasteiger partial charge in [0.1, 0.15) is 0 Å². The Hall–Kier alpha value is -3.39. The topological polar surface area (TPSA) is 24.9 Å². The van der Waals surface area contributed by atoms with Crippen molar-refractivity contribution in [1.82, 2.24) is 10.3 Å². The Labute approximate surface area is 195 Å². The molecule has 1 N–H and O–H groups in total. The zero-order valence-corrected chi connectivity index (χ0v) is 20.5. The molecule has 0 bridgehead atoms. The fourth-order valence-electron chi connectivity index (χ4n) is 2.85. The van der Waals surface area contributed by atoms with Crippen LogP contribution in [-0.2, 0) is 0 Å². The van der Waals surface area contributed by atoms with Crippen molar-refractivity contribution >= 4 is 11.3 Å². The molecule has 0 aliphatic heterocycles. The highest BCUT2D eigenvalue weighted by molar-refractivity contribution is 5.66. The molecule has 0 aliphatic carbocycles. The van der Waals surface area contributed by atoms with Gasteiger partial charge in [0.15, 0.2) is 0 Å². The predicted octanol–water partition coefficient (Wildman–Crippen LogP) is 7.94. The van der Waals surface area contributed by atoms with Crippen molar-refractivity contribution in [2.75, 3.05) is 7.05 Å². The second-order valence-electron chi connectivity index (χ2n) is 7.63. The molecular formula is C30H38N2. The number of aryl methyl sites for hydroxylation is 3. The van der Waals surface area contributed by atoms with Gasteiger partial charge < -0.3 is 5.32 Å². The molecule has 0 fully saturated rings. The van der Waals surface area contributed by atoms with Crippen molar-refractivity contribution in [2.24, 2.45) is 0 Å². The van der Waals surface area contributed by atoms with Gasteiger partial charge >= 0.3 is 0 Å². The summed E-state index contributed by atoms with van der Waals surface area (Å²) in [4.78, 5) is 3.88. The predicted molar refractivity (Wildman–Crippen MR) is 143 cm³/mol. The fraction of sp³-hybridized carbons (Fsp3) is 0.233. The van der Waals surface area contributed by atoms with Crippen LogP contribution >= 0.6 is 0 Å². The van der Waals surface area contributed by atoms with Gasteiger partial charge in [-0.3, -0.25) is 4.98 Å². The molecule has 0 saturated heterocycles. The van der Waals surface area contributed by atoms with E-state index in [1.54, 1.807) is 6.20 Å². The summed E-state index contributed by atoms with van der Waals surface area (Å²) in [7, 11) is 1.88. The number of aromatic nitrogens is 1. The molecule has 3 rings (SSSR count). The number of rotatable bonds is 5. The number of nitrogens with one attached hydrogen (secondary N) is 1. The quantitative estimate of drug-likeness (QED) is 0.419. The maximum Gasteiger partial charge on any atom is 0.0338 e. The zero-order valence-electron chi connectivity index (χ0n) is 20.5.